The van der Waals surface area contributed by atoms with Crippen molar-refractivity contribution in [3.8, 4) is 5.75 Å². The molecule has 1 rings (SSSR count). The maximum Gasteiger partial charge on any atom is 0.240 e. The van der Waals surface area contributed by atoms with Crippen molar-refractivity contribution >= 4 is 15.7 Å². The van der Waals surface area contributed by atoms with Crippen LogP contribution < -0.4 is 10.5 Å². The molecule has 0 spiro atoms. The third-order valence-electron chi connectivity index (χ3n) is 2.38. The molecule has 0 aliphatic heterocycles. The van der Waals surface area contributed by atoms with Gasteiger partial charge in [0.15, 0.2) is 0 Å². The number of phenolic OH excluding ortho intramolecular Hbond substituents is 1. The molecule has 0 fully saturated rings. The summed E-state index contributed by atoms with van der Waals surface area (Å²) in [5.74, 6) is -0.0686. The third kappa shape index (κ3) is 3.86. The lowest BCUT2D eigenvalue weighted by molar-refractivity contribution is 0.161. The molecule has 0 aromatic heterocycles. The van der Waals surface area contributed by atoms with Crippen molar-refractivity contribution in [2.45, 2.75) is 11.8 Å². The van der Waals surface area contributed by atoms with Gasteiger partial charge in [-0.2, -0.15) is 0 Å². The molecule has 0 heterocycles. The molecule has 1 atom stereocenters. The SMILES string of the molecule is COCC(C)CNS(=O)(=O)c1ccc(O)c(N)c1. The predicted octanol–water partition coefficient (Wildman–Crippen LogP) is 0.535. The fourth-order valence-electron chi connectivity index (χ4n) is 1.38. The Labute approximate surface area is 107 Å². The van der Waals surface area contributed by atoms with Crippen molar-refractivity contribution in [3.05, 3.63) is 18.2 Å². The Morgan fingerprint density at radius 3 is 2.72 bits per heavy atom. The largest absolute Gasteiger partial charge is 0.506 e. The molecule has 0 bridgehead atoms. The molecular formula is C11H18N2O4S. The number of methoxy groups -OCH3 is 1. The summed E-state index contributed by atoms with van der Waals surface area (Å²) in [6.45, 7) is 2.62. The number of aromatic hydroxyl groups is 1. The monoisotopic (exact) mass is 274 g/mol. The standard InChI is InChI=1S/C11H18N2O4S/c1-8(7-17-2)6-13-18(15,16)9-3-4-11(14)10(12)5-9/h3-5,8,13-14H,6-7,12H2,1-2H3. The van der Waals surface area contributed by atoms with Gasteiger partial charge in [-0.1, -0.05) is 6.92 Å². The van der Waals surface area contributed by atoms with E-state index in [-0.39, 0.29) is 28.8 Å². The highest BCUT2D eigenvalue weighted by molar-refractivity contribution is 7.89. The van der Waals surface area contributed by atoms with Crippen molar-refractivity contribution in [2.24, 2.45) is 5.92 Å². The average Bonchev–Trinajstić information content (AvgIpc) is 2.30. The topological polar surface area (TPSA) is 102 Å². The second kappa shape index (κ2) is 6.03. The summed E-state index contributed by atoms with van der Waals surface area (Å²) >= 11 is 0. The van der Waals surface area contributed by atoms with Gasteiger partial charge in [-0.05, 0) is 24.1 Å². The van der Waals surface area contributed by atoms with E-state index in [0.29, 0.717) is 6.61 Å². The summed E-state index contributed by atoms with van der Waals surface area (Å²) in [6, 6.07) is 3.77. The number of rotatable bonds is 6. The van der Waals surface area contributed by atoms with Gasteiger partial charge < -0.3 is 15.6 Å². The molecule has 0 amide bonds. The van der Waals surface area contributed by atoms with Gasteiger partial charge in [-0.15, -0.1) is 0 Å². The quantitative estimate of drug-likeness (QED) is 0.519. The minimum Gasteiger partial charge on any atom is -0.506 e. The van der Waals surface area contributed by atoms with Crippen molar-refractivity contribution in [1.82, 2.24) is 4.72 Å². The first-order valence-corrected chi connectivity index (χ1v) is 6.92. The van der Waals surface area contributed by atoms with Gasteiger partial charge >= 0.3 is 0 Å². The van der Waals surface area contributed by atoms with Gasteiger partial charge in [0.2, 0.25) is 10.0 Å². The number of ether oxygens (including phenoxy) is 1. The van der Waals surface area contributed by atoms with Crippen LogP contribution in [-0.4, -0.2) is 33.8 Å². The molecule has 0 saturated heterocycles. The third-order valence-corrected chi connectivity index (χ3v) is 3.80. The Kier molecular flexibility index (Phi) is 4.94. The van der Waals surface area contributed by atoms with E-state index in [1.54, 1.807) is 7.11 Å². The maximum absolute atomic E-state index is 11.9. The molecule has 1 unspecified atom stereocenters. The Morgan fingerprint density at radius 1 is 1.50 bits per heavy atom. The number of anilines is 1. The lowest BCUT2D eigenvalue weighted by atomic mass is 10.2. The lowest BCUT2D eigenvalue weighted by Crippen LogP contribution is -2.30. The number of nitrogens with two attached hydrogens (primary N) is 1. The molecule has 0 aliphatic carbocycles. The lowest BCUT2D eigenvalue weighted by Gasteiger charge is -2.12. The van der Waals surface area contributed by atoms with E-state index in [1.807, 2.05) is 6.92 Å². The molecule has 0 saturated carbocycles. The van der Waals surface area contributed by atoms with Crippen LogP contribution >= 0.6 is 0 Å². The molecule has 0 aliphatic rings. The van der Waals surface area contributed by atoms with Crippen LogP contribution in [0.15, 0.2) is 23.1 Å². The number of hydrogen-bond acceptors (Lipinski definition) is 5. The molecule has 7 heteroatoms. The van der Waals surface area contributed by atoms with E-state index in [4.69, 9.17) is 10.5 Å². The minimum atomic E-state index is -3.61. The summed E-state index contributed by atoms with van der Waals surface area (Å²) in [6.07, 6.45) is 0. The molecule has 0 radical (unpaired) electrons. The summed E-state index contributed by atoms with van der Waals surface area (Å²) in [5.41, 5.74) is 5.49. The molecule has 1 aromatic carbocycles. The second-order valence-corrected chi connectivity index (χ2v) is 5.90. The molecular weight excluding hydrogens is 256 g/mol. The maximum atomic E-state index is 11.9. The van der Waals surface area contributed by atoms with Crippen molar-refractivity contribution in [1.29, 1.82) is 0 Å². The van der Waals surface area contributed by atoms with E-state index in [2.05, 4.69) is 4.72 Å². The molecule has 1 aromatic rings. The Bertz CT molecular complexity index is 502. The first-order valence-electron chi connectivity index (χ1n) is 5.44. The Morgan fingerprint density at radius 2 is 2.17 bits per heavy atom. The van der Waals surface area contributed by atoms with Gasteiger partial charge in [0, 0.05) is 20.3 Å². The van der Waals surface area contributed by atoms with Crippen molar-refractivity contribution < 1.29 is 18.3 Å². The molecule has 102 valence electrons. The van der Waals surface area contributed by atoms with Crippen LogP contribution in [-0.2, 0) is 14.8 Å². The highest BCUT2D eigenvalue weighted by Crippen LogP contribution is 2.22. The van der Waals surface area contributed by atoms with E-state index in [1.165, 1.54) is 18.2 Å². The van der Waals surface area contributed by atoms with Crippen LogP contribution in [0.2, 0.25) is 0 Å². The number of nitrogens with one attached hydrogen (secondary N) is 1. The summed E-state index contributed by atoms with van der Waals surface area (Å²) in [5, 5.41) is 9.24. The number of nitrogen functional groups attached to an aromatic ring is 1. The van der Waals surface area contributed by atoms with Crippen LogP contribution in [0.3, 0.4) is 0 Å². The van der Waals surface area contributed by atoms with E-state index in [9.17, 15) is 13.5 Å². The number of hydrogen-bond donors (Lipinski definition) is 3. The van der Waals surface area contributed by atoms with Crippen LogP contribution in [0.1, 0.15) is 6.92 Å². The molecule has 4 N–H and O–H groups in total. The van der Waals surface area contributed by atoms with Crippen LogP contribution in [0.4, 0.5) is 5.69 Å². The number of phenols is 1. The normalized spacial score (nSPS) is 13.4. The second-order valence-electron chi connectivity index (χ2n) is 4.13. The Balaban J connectivity index is 2.77. The van der Waals surface area contributed by atoms with Crippen LogP contribution in [0, 0.1) is 5.92 Å². The van der Waals surface area contributed by atoms with E-state index < -0.39 is 10.0 Å². The zero-order valence-corrected chi connectivity index (χ0v) is 11.2. The van der Waals surface area contributed by atoms with Gasteiger partial charge in [0.1, 0.15) is 5.75 Å². The summed E-state index contributed by atoms with van der Waals surface area (Å²) in [4.78, 5) is 0.0300. The zero-order chi connectivity index (χ0) is 13.8. The predicted molar refractivity (Wildman–Crippen MR) is 68.7 cm³/mol. The average molecular weight is 274 g/mol. The van der Waals surface area contributed by atoms with Gasteiger partial charge in [0.25, 0.3) is 0 Å². The molecule has 18 heavy (non-hydrogen) atoms. The number of sulfonamides is 1. The van der Waals surface area contributed by atoms with Gasteiger partial charge in [-0.25, -0.2) is 13.1 Å². The first-order chi connectivity index (χ1) is 8.36. The van der Waals surface area contributed by atoms with Gasteiger partial charge in [0.05, 0.1) is 10.6 Å². The fourth-order valence-corrected chi connectivity index (χ4v) is 2.58. The zero-order valence-electron chi connectivity index (χ0n) is 10.4. The van der Waals surface area contributed by atoms with Crippen molar-refractivity contribution in [3.63, 3.8) is 0 Å². The van der Waals surface area contributed by atoms with E-state index in [0.717, 1.165) is 0 Å². The Hall–Kier alpha value is -1.31. The fraction of sp³-hybridized carbons (Fsp3) is 0.455. The highest BCUT2D eigenvalue weighted by Gasteiger charge is 2.16. The summed E-state index contributed by atoms with van der Waals surface area (Å²) < 4.78 is 31.2. The minimum absolute atomic E-state index is 0.0300. The number of benzene rings is 1. The smallest absolute Gasteiger partial charge is 0.240 e. The molecule has 6 nitrogen and oxygen atoms in total. The van der Waals surface area contributed by atoms with Crippen LogP contribution in [0.5, 0.6) is 5.75 Å². The van der Waals surface area contributed by atoms with Crippen LogP contribution in [0.25, 0.3) is 0 Å². The highest BCUT2D eigenvalue weighted by atomic mass is 32.2. The van der Waals surface area contributed by atoms with Crippen molar-refractivity contribution in [2.75, 3.05) is 26.0 Å². The first kappa shape index (κ1) is 14.7. The van der Waals surface area contributed by atoms with Gasteiger partial charge in [-0.3, -0.25) is 0 Å². The summed E-state index contributed by atoms with van der Waals surface area (Å²) in [7, 11) is -2.05. The van der Waals surface area contributed by atoms with E-state index >= 15 is 0 Å².